The second-order valence-corrected chi connectivity index (χ2v) is 6.45. The Labute approximate surface area is 161 Å². The summed E-state index contributed by atoms with van der Waals surface area (Å²) in [6, 6.07) is 9.79. The van der Waals surface area contributed by atoms with Gasteiger partial charge in [0.25, 0.3) is 5.91 Å². The van der Waals surface area contributed by atoms with Gasteiger partial charge in [0, 0.05) is 10.9 Å². The molecule has 1 amide bonds. The van der Waals surface area contributed by atoms with Gasteiger partial charge < -0.3 is 10.1 Å². The third kappa shape index (κ3) is 3.54. The lowest BCUT2D eigenvalue weighted by Gasteiger charge is -2.12. The molecule has 3 rings (SSSR count). The molecule has 0 spiro atoms. The number of benzene rings is 2. The number of amides is 1. The number of hydrogen-bond donors (Lipinski definition) is 1. The zero-order valence-electron chi connectivity index (χ0n) is 13.3. The first-order valence-electron chi connectivity index (χ1n) is 7.34. The van der Waals surface area contributed by atoms with Crippen molar-refractivity contribution in [3.05, 3.63) is 69.0 Å². The van der Waals surface area contributed by atoms with E-state index in [0.717, 1.165) is 0 Å². The summed E-state index contributed by atoms with van der Waals surface area (Å²) in [4.78, 5) is 28.6. The number of ether oxygens (including phenoxy) is 1. The molecule has 0 radical (unpaired) electrons. The fraction of sp³-hybridized carbons (Fsp3) is 0.0556. The number of rotatable bonds is 3. The van der Waals surface area contributed by atoms with Crippen LogP contribution in [-0.4, -0.2) is 24.0 Å². The standard InChI is InChI=1S/C18H11BrClFN2O3/c1-26-18(25)11-8-14(20)22-12-6-7-13(16(19)15(11)12)23-17(24)9-2-4-10(21)5-3-9/h2-8H,1H3,(H,23,24). The summed E-state index contributed by atoms with van der Waals surface area (Å²) in [6.07, 6.45) is 0. The molecule has 132 valence electrons. The van der Waals surface area contributed by atoms with E-state index < -0.39 is 17.7 Å². The Morgan fingerprint density at radius 3 is 2.54 bits per heavy atom. The number of nitrogens with one attached hydrogen (secondary N) is 1. The summed E-state index contributed by atoms with van der Waals surface area (Å²) in [6.45, 7) is 0. The SMILES string of the molecule is COC(=O)c1cc(Cl)nc2ccc(NC(=O)c3ccc(F)cc3)c(Br)c12. The van der Waals surface area contributed by atoms with Gasteiger partial charge in [0.15, 0.2) is 0 Å². The van der Waals surface area contributed by atoms with Gasteiger partial charge in [0.2, 0.25) is 0 Å². The lowest BCUT2D eigenvalue weighted by molar-refractivity contribution is 0.0602. The second-order valence-electron chi connectivity index (χ2n) is 5.27. The first kappa shape index (κ1) is 18.3. The van der Waals surface area contributed by atoms with Gasteiger partial charge in [-0.3, -0.25) is 4.79 Å². The first-order chi connectivity index (χ1) is 12.4. The maximum atomic E-state index is 13.0. The summed E-state index contributed by atoms with van der Waals surface area (Å²) < 4.78 is 18.2. The maximum Gasteiger partial charge on any atom is 0.338 e. The van der Waals surface area contributed by atoms with Gasteiger partial charge in [-0.2, -0.15) is 0 Å². The number of anilines is 1. The van der Waals surface area contributed by atoms with Crippen LogP contribution in [0.4, 0.5) is 10.1 Å². The molecule has 0 unspecified atom stereocenters. The predicted octanol–water partition coefficient (Wildman–Crippen LogP) is 4.83. The van der Waals surface area contributed by atoms with Gasteiger partial charge in [-0.05, 0) is 58.4 Å². The van der Waals surface area contributed by atoms with Gasteiger partial charge in [-0.15, -0.1) is 0 Å². The number of carbonyl (C=O) groups is 2. The number of fused-ring (bicyclic) bond motifs is 1. The number of hydrogen-bond acceptors (Lipinski definition) is 4. The molecule has 1 N–H and O–H groups in total. The van der Waals surface area contributed by atoms with Crippen molar-refractivity contribution in [3.8, 4) is 0 Å². The lowest BCUT2D eigenvalue weighted by atomic mass is 10.1. The number of carbonyl (C=O) groups excluding carboxylic acids is 2. The molecule has 26 heavy (non-hydrogen) atoms. The van der Waals surface area contributed by atoms with Crippen LogP contribution in [0.2, 0.25) is 5.15 Å². The van der Waals surface area contributed by atoms with Crippen LogP contribution in [0, 0.1) is 5.82 Å². The van der Waals surface area contributed by atoms with Crippen molar-refractivity contribution >= 4 is 56.0 Å². The highest BCUT2D eigenvalue weighted by Gasteiger charge is 2.18. The molecule has 0 saturated heterocycles. The normalized spacial score (nSPS) is 10.6. The van der Waals surface area contributed by atoms with Gasteiger partial charge in [0.1, 0.15) is 11.0 Å². The Hall–Kier alpha value is -2.51. The molecule has 0 bridgehead atoms. The predicted molar refractivity (Wildman–Crippen MR) is 100 cm³/mol. The Bertz CT molecular complexity index is 1030. The Balaban J connectivity index is 2.06. The fourth-order valence-electron chi connectivity index (χ4n) is 2.42. The van der Waals surface area contributed by atoms with E-state index in [4.69, 9.17) is 16.3 Å². The number of pyridine rings is 1. The van der Waals surface area contributed by atoms with Crippen LogP contribution in [0.25, 0.3) is 10.9 Å². The third-order valence-corrected chi connectivity index (χ3v) is 4.66. The van der Waals surface area contributed by atoms with E-state index in [1.165, 1.54) is 37.4 Å². The zero-order valence-corrected chi connectivity index (χ0v) is 15.7. The third-order valence-electron chi connectivity index (χ3n) is 3.64. The maximum absolute atomic E-state index is 13.0. The van der Waals surface area contributed by atoms with Crippen LogP contribution in [0.5, 0.6) is 0 Å². The summed E-state index contributed by atoms with van der Waals surface area (Å²) in [5.74, 6) is -1.44. The monoisotopic (exact) mass is 436 g/mol. The molecule has 1 heterocycles. The lowest BCUT2D eigenvalue weighted by Crippen LogP contribution is -2.13. The summed E-state index contributed by atoms with van der Waals surface area (Å²) >= 11 is 9.36. The van der Waals surface area contributed by atoms with Crippen molar-refractivity contribution in [1.29, 1.82) is 0 Å². The molecular formula is C18H11BrClFN2O3. The number of aromatic nitrogens is 1. The smallest absolute Gasteiger partial charge is 0.338 e. The van der Waals surface area contributed by atoms with E-state index >= 15 is 0 Å². The van der Waals surface area contributed by atoms with Crippen LogP contribution >= 0.6 is 27.5 Å². The van der Waals surface area contributed by atoms with E-state index in [2.05, 4.69) is 26.2 Å². The first-order valence-corrected chi connectivity index (χ1v) is 8.52. The number of nitrogens with zero attached hydrogens (tertiary/aromatic N) is 1. The molecule has 0 aliphatic carbocycles. The van der Waals surface area contributed by atoms with Crippen LogP contribution in [0.3, 0.4) is 0 Å². The van der Waals surface area contributed by atoms with E-state index in [-0.39, 0.29) is 10.7 Å². The average Bonchev–Trinajstić information content (AvgIpc) is 2.63. The van der Waals surface area contributed by atoms with Crippen molar-refractivity contribution in [3.63, 3.8) is 0 Å². The largest absolute Gasteiger partial charge is 0.465 e. The van der Waals surface area contributed by atoms with Crippen LogP contribution < -0.4 is 5.32 Å². The molecule has 0 aliphatic heterocycles. The minimum Gasteiger partial charge on any atom is -0.465 e. The molecule has 8 heteroatoms. The molecule has 0 aliphatic rings. The minimum absolute atomic E-state index is 0.146. The van der Waals surface area contributed by atoms with Gasteiger partial charge in [0.05, 0.1) is 28.4 Å². The zero-order chi connectivity index (χ0) is 18.8. The highest BCUT2D eigenvalue weighted by molar-refractivity contribution is 9.10. The molecule has 0 saturated carbocycles. The number of methoxy groups -OCH3 is 1. The Kier molecular flexibility index (Phi) is 5.20. The molecule has 0 atom stereocenters. The number of halogens is 3. The van der Waals surface area contributed by atoms with E-state index in [1.54, 1.807) is 12.1 Å². The molecule has 3 aromatic rings. The Morgan fingerprint density at radius 2 is 1.88 bits per heavy atom. The quantitative estimate of drug-likeness (QED) is 0.471. The van der Waals surface area contributed by atoms with Crippen LogP contribution in [0.1, 0.15) is 20.7 Å². The molecule has 1 aromatic heterocycles. The molecule has 5 nitrogen and oxygen atoms in total. The van der Waals surface area contributed by atoms with Gasteiger partial charge >= 0.3 is 5.97 Å². The van der Waals surface area contributed by atoms with Crippen molar-refractivity contribution in [2.45, 2.75) is 0 Å². The van der Waals surface area contributed by atoms with Gasteiger partial charge in [-0.25, -0.2) is 14.2 Å². The van der Waals surface area contributed by atoms with Crippen molar-refractivity contribution in [1.82, 2.24) is 4.98 Å². The topological polar surface area (TPSA) is 68.3 Å². The van der Waals surface area contributed by atoms with Crippen molar-refractivity contribution in [2.75, 3.05) is 12.4 Å². The summed E-state index contributed by atoms with van der Waals surface area (Å²) in [5, 5.41) is 3.32. The van der Waals surface area contributed by atoms with Crippen LogP contribution in [0.15, 0.2) is 46.9 Å². The highest BCUT2D eigenvalue weighted by Crippen LogP contribution is 2.34. The van der Waals surface area contributed by atoms with Crippen LogP contribution in [-0.2, 0) is 4.74 Å². The van der Waals surface area contributed by atoms with E-state index in [9.17, 15) is 14.0 Å². The highest BCUT2D eigenvalue weighted by atomic mass is 79.9. The van der Waals surface area contributed by atoms with Crippen molar-refractivity contribution < 1.29 is 18.7 Å². The van der Waals surface area contributed by atoms with Crippen molar-refractivity contribution in [2.24, 2.45) is 0 Å². The fourth-order valence-corrected chi connectivity index (χ4v) is 3.27. The summed E-state index contributed by atoms with van der Waals surface area (Å²) in [5.41, 5.74) is 1.39. The molecule has 0 fully saturated rings. The average molecular weight is 438 g/mol. The second kappa shape index (κ2) is 7.39. The summed E-state index contributed by atoms with van der Waals surface area (Å²) in [7, 11) is 1.26. The van der Waals surface area contributed by atoms with Gasteiger partial charge in [-0.1, -0.05) is 11.6 Å². The molecular weight excluding hydrogens is 427 g/mol. The molecule has 2 aromatic carbocycles. The number of esters is 1. The van der Waals surface area contributed by atoms with E-state index in [1.807, 2.05) is 0 Å². The Morgan fingerprint density at radius 1 is 1.19 bits per heavy atom. The van der Waals surface area contributed by atoms with E-state index in [0.29, 0.717) is 26.6 Å². The minimum atomic E-state index is -0.581.